The number of hydrogen-bond acceptors (Lipinski definition) is 2. The van der Waals surface area contributed by atoms with Crippen molar-refractivity contribution in [1.82, 2.24) is 0 Å². The first-order chi connectivity index (χ1) is 11.7. The average Bonchev–Trinajstić information content (AvgIpc) is 2.43. The zero-order chi connectivity index (χ0) is 22.1. The Hall–Kier alpha value is -2.06. The van der Waals surface area contributed by atoms with Gasteiger partial charge >= 0.3 is 48.2 Å². The van der Waals surface area contributed by atoms with Crippen molar-refractivity contribution in [3.63, 3.8) is 0 Å². The number of esters is 1. The zero-order valence-electron chi connectivity index (χ0n) is 12.1. The molecule has 0 atom stereocenters. The fraction of sp³-hybridized carbons (Fsp3) is 0.800. The normalized spacial score (nSPS) is 14.6. The fourth-order valence-corrected chi connectivity index (χ4v) is 1.33. The Balaban J connectivity index is 5.95. The lowest BCUT2D eigenvalue weighted by Crippen LogP contribution is -2.68. The maximum atomic E-state index is 13.2. The monoisotopic (exact) mass is 432 g/mol. The Morgan fingerprint density at radius 2 is 1.22 bits per heavy atom. The number of nitrogens with zero attached hydrogens (tertiary/aromatic N) is 2. The molecule has 0 aromatic carbocycles. The number of alkyl halides is 13. The molecular weight excluding hydrogens is 427 g/mol. The first-order valence-electron chi connectivity index (χ1n) is 6.02. The van der Waals surface area contributed by atoms with Crippen molar-refractivity contribution < 1.29 is 71.4 Å². The predicted molar refractivity (Wildman–Crippen MR) is 55.8 cm³/mol. The number of rotatable bonds is 8. The van der Waals surface area contributed by atoms with E-state index in [0.29, 0.717) is 0 Å². The molecule has 0 amide bonds. The third-order valence-corrected chi connectivity index (χ3v) is 2.73. The summed E-state index contributed by atoms with van der Waals surface area (Å²) < 4.78 is 169. The Kier molecular flexibility index (Phi) is 6.62. The first-order valence-corrected chi connectivity index (χ1v) is 6.02. The molecule has 0 N–H and O–H groups in total. The summed E-state index contributed by atoms with van der Waals surface area (Å²) in [5.41, 5.74) is 7.73. The third-order valence-electron chi connectivity index (χ3n) is 2.73. The second-order valence-corrected chi connectivity index (χ2v) is 4.73. The van der Waals surface area contributed by atoms with Gasteiger partial charge in [0.2, 0.25) is 0 Å². The van der Waals surface area contributed by atoms with Crippen LogP contribution in [0.3, 0.4) is 0 Å². The summed E-state index contributed by atoms with van der Waals surface area (Å²) in [4.78, 5) is 12.1. The van der Waals surface area contributed by atoms with E-state index in [1.165, 1.54) is 0 Å². The Morgan fingerprint density at radius 3 is 1.59 bits per heavy atom. The number of carbonyl (C=O) groups excluding carboxylic acids is 1. The molecule has 0 aliphatic rings. The van der Waals surface area contributed by atoms with Crippen LogP contribution in [0, 0.1) is 0 Å². The highest BCUT2D eigenvalue weighted by atomic mass is 19.4. The summed E-state index contributed by atoms with van der Waals surface area (Å²) in [5.74, 6) is -32.0. The van der Waals surface area contributed by atoms with Gasteiger partial charge in [0, 0.05) is 12.8 Å². The van der Waals surface area contributed by atoms with Crippen LogP contribution in [0.2, 0.25) is 0 Å². The van der Waals surface area contributed by atoms with Crippen molar-refractivity contribution in [2.45, 2.75) is 48.8 Å². The largest absolute Gasteiger partial charge is 0.473 e. The van der Waals surface area contributed by atoms with E-state index in [4.69, 9.17) is 5.53 Å². The smallest absolute Gasteiger partial charge is 0.387 e. The standard InChI is InChI=1S/C10H5F13N2O2/c11-5(12,1-2-6(13,14)15)7(16,17)8(18,19)9(20,21)10(22,23)27-4(26)3-25-24/h3H,1-2H2. The number of halogens is 13. The molecule has 4 nitrogen and oxygen atoms in total. The Morgan fingerprint density at radius 1 is 0.778 bits per heavy atom. The van der Waals surface area contributed by atoms with Gasteiger partial charge in [0.25, 0.3) is 0 Å². The topological polar surface area (TPSA) is 62.7 Å². The van der Waals surface area contributed by atoms with Crippen molar-refractivity contribution in [1.29, 1.82) is 0 Å². The van der Waals surface area contributed by atoms with Crippen LogP contribution in [-0.2, 0) is 9.53 Å². The minimum atomic E-state index is -7.70. The molecule has 0 heterocycles. The summed E-state index contributed by atoms with van der Waals surface area (Å²) in [6, 6.07) is 0. The molecular formula is C10H5F13N2O2. The van der Waals surface area contributed by atoms with Crippen LogP contribution in [0.4, 0.5) is 57.1 Å². The highest BCUT2D eigenvalue weighted by Crippen LogP contribution is 2.58. The molecule has 0 rings (SSSR count). The van der Waals surface area contributed by atoms with Gasteiger partial charge in [-0.3, -0.25) is 0 Å². The van der Waals surface area contributed by atoms with Crippen LogP contribution in [0.15, 0.2) is 0 Å². The van der Waals surface area contributed by atoms with Gasteiger partial charge in [0.1, 0.15) is 0 Å². The van der Waals surface area contributed by atoms with Crippen molar-refractivity contribution >= 4 is 12.2 Å². The van der Waals surface area contributed by atoms with Crippen LogP contribution < -0.4 is 0 Å². The van der Waals surface area contributed by atoms with Gasteiger partial charge in [0.05, 0.1) is 0 Å². The molecule has 27 heavy (non-hydrogen) atoms. The van der Waals surface area contributed by atoms with Crippen LogP contribution in [0.25, 0.3) is 5.53 Å². The van der Waals surface area contributed by atoms with E-state index >= 15 is 0 Å². The van der Waals surface area contributed by atoms with Crippen LogP contribution in [0.5, 0.6) is 0 Å². The summed E-state index contributed by atoms with van der Waals surface area (Å²) in [5, 5.41) is 0. The van der Waals surface area contributed by atoms with E-state index in [0.717, 1.165) is 0 Å². The van der Waals surface area contributed by atoms with Crippen molar-refractivity contribution in [3.8, 4) is 0 Å². The maximum Gasteiger partial charge on any atom is 0.473 e. The summed E-state index contributed by atoms with van der Waals surface area (Å²) >= 11 is 0. The molecule has 0 radical (unpaired) electrons. The van der Waals surface area contributed by atoms with Crippen molar-refractivity contribution in [3.05, 3.63) is 5.53 Å². The fourth-order valence-electron chi connectivity index (χ4n) is 1.33. The molecule has 0 fully saturated rings. The van der Waals surface area contributed by atoms with E-state index in [9.17, 15) is 61.9 Å². The van der Waals surface area contributed by atoms with Gasteiger partial charge in [-0.1, -0.05) is 0 Å². The van der Waals surface area contributed by atoms with E-state index in [2.05, 4.69) is 4.74 Å². The molecule has 0 aliphatic carbocycles. The molecule has 0 saturated carbocycles. The third kappa shape index (κ3) is 4.81. The molecule has 0 aromatic rings. The van der Waals surface area contributed by atoms with E-state index < -0.39 is 61.0 Å². The number of hydrogen-bond donors (Lipinski definition) is 0. The lowest BCUT2D eigenvalue weighted by atomic mass is 9.95. The van der Waals surface area contributed by atoms with Crippen LogP contribution in [0.1, 0.15) is 12.8 Å². The van der Waals surface area contributed by atoms with E-state index in [-0.39, 0.29) is 0 Å². The lowest BCUT2D eigenvalue weighted by molar-refractivity contribution is -0.437. The molecule has 0 aromatic heterocycles. The Labute approximate surface area is 139 Å². The second-order valence-electron chi connectivity index (χ2n) is 4.73. The maximum absolute atomic E-state index is 13.2. The predicted octanol–water partition coefficient (Wildman–Crippen LogP) is 4.31. The number of carbonyl (C=O) groups is 1. The highest BCUT2D eigenvalue weighted by Gasteiger charge is 2.87. The van der Waals surface area contributed by atoms with Crippen LogP contribution >= 0.6 is 0 Å². The molecule has 0 saturated heterocycles. The van der Waals surface area contributed by atoms with Gasteiger partial charge < -0.3 is 10.3 Å². The molecule has 0 aliphatic heterocycles. The average molecular weight is 432 g/mol. The van der Waals surface area contributed by atoms with Crippen LogP contribution in [-0.4, -0.2) is 52.9 Å². The van der Waals surface area contributed by atoms with Gasteiger partial charge in [-0.05, 0) is 0 Å². The lowest BCUT2D eigenvalue weighted by Gasteiger charge is -2.38. The van der Waals surface area contributed by atoms with Gasteiger partial charge in [-0.15, -0.1) is 0 Å². The number of ether oxygens (including phenoxy) is 1. The molecule has 17 heteroatoms. The molecule has 0 spiro atoms. The summed E-state index contributed by atoms with van der Waals surface area (Å²) in [6.45, 7) is 0. The Bertz CT molecular complexity index is 607. The van der Waals surface area contributed by atoms with Crippen molar-refractivity contribution in [2.75, 3.05) is 0 Å². The van der Waals surface area contributed by atoms with E-state index in [1.807, 2.05) is 0 Å². The molecule has 0 bridgehead atoms. The molecule has 158 valence electrons. The summed E-state index contributed by atoms with van der Waals surface area (Å²) in [7, 11) is 0. The quantitative estimate of drug-likeness (QED) is 0.189. The summed E-state index contributed by atoms with van der Waals surface area (Å²) in [6.07, 6.45) is -19.1. The van der Waals surface area contributed by atoms with Gasteiger partial charge in [0.15, 0.2) is 0 Å². The van der Waals surface area contributed by atoms with Gasteiger partial charge in [-0.2, -0.15) is 61.9 Å². The zero-order valence-corrected chi connectivity index (χ0v) is 12.1. The minimum Gasteiger partial charge on any atom is -0.387 e. The first kappa shape index (κ1) is 24.9. The molecule has 0 unspecified atom stereocenters. The SMILES string of the molecule is [N-]=[N+]=CC(=O)OC(F)(F)C(F)(F)C(F)(F)C(F)(F)C(F)(F)CCC(F)(F)F. The highest BCUT2D eigenvalue weighted by molar-refractivity contribution is 6.20. The second kappa shape index (κ2) is 7.16. The van der Waals surface area contributed by atoms with Crippen molar-refractivity contribution in [2.24, 2.45) is 0 Å². The van der Waals surface area contributed by atoms with E-state index in [1.54, 1.807) is 4.79 Å². The minimum absolute atomic E-state index is 0.710. The van der Waals surface area contributed by atoms with Gasteiger partial charge in [-0.25, -0.2) is 4.79 Å².